The summed E-state index contributed by atoms with van der Waals surface area (Å²) in [5.74, 6) is -2.43. The Kier molecular flexibility index (Phi) is 4.24. The summed E-state index contributed by atoms with van der Waals surface area (Å²) in [7, 11) is -4.16. The molecule has 0 saturated heterocycles. The van der Waals surface area contributed by atoms with Gasteiger partial charge >= 0.3 is 12.1 Å². The average molecular weight is 296 g/mol. The molecule has 0 aliphatic rings. The van der Waals surface area contributed by atoms with E-state index in [0.717, 1.165) is 6.07 Å². The van der Waals surface area contributed by atoms with E-state index in [-0.39, 0.29) is 16.0 Å². The number of carboxylic acid groups (broad SMARTS) is 1. The molecule has 8 heteroatoms. The Morgan fingerprint density at radius 3 is 2.37 bits per heavy atom. The number of sulfone groups is 1. The van der Waals surface area contributed by atoms with Crippen LogP contribution in [0.5, 0.6) is 0 Å². The van der Waals surface area contributed by atoms with Gasteiger partial charge in [-0.25, -0.2) is 13.2 Å². The molecule has 0 radical (unpaired) electrons. The average Bonchev–Trinajstić information content (AvgIpc) is 2.25. The first kappa shape index (κ1) is 15.5. The van der Waals surface area contributed by atoms with Gasteiger partial charge in [0.25, 0.3) is 0 Å². The fraction of sp³-hybridized carbons (Fsp3) is 0.364. The molecule has 0 aliphatic heterocycles. The van der Waals surface area contributed by atoms with Crippen LogP contribution in [0.15, 0.2) is 23.1 Å². The van der Waals surface area contributed by atoms with E-state index in [1.165, 1.54) is 19.1 Å². The molecule has 1 aromatic rings. The van der Waals surface area contributed by atoms with Crippen LogP contribution in [0, 0.1) is 6.92 Å². The molecule has 19 heavy (non-hydrogen) atoms. The summed E-state index contributed by atoms with van der Waals surface area (Å²) >= 11 is 0. The van der Waals surface area contributed by atoms with Crippen LogP contribution >= 0.6 is 0 Å². The summed E-state index contributed by atoms with van der Waals surface area (Å²) in [5, 5.41) is 8.84. The molecule has 0 aromatic heterocycles. The van der Waals surface area contributed by atoms with Crippen LogP contribution in [0.4, 0.5) is 13.2 Å². The van der Waals surface area contributed by atoms with Crippen molar-refractivity contribution in [1.29, 1.82) is 0 Å². The highest BCUT2D eigenvalue weighted by Crippen LogP contribution is 2.25. The lowest BCUT2D eigenvalue weighted by molar-refractivity contribution is -0.129. The van der Waals surface area contributed by atoms with E-state index in [1.807, 2.05) is 0 Å². The van der Waals surface area contributed by atoms with Gasteiger partial charge in [-0.1, -0.05) is 6.07 Å². The standard InChI is InChI=1S/C11H11F3O4S/c1-7-8(10(15)16)3-2-4-9(7)19(17,18)6-5-11(12,13)14/h2-4H,5-6H2,1H3,(H,15,16). The number of carbonyl (C=O) groups is 1. The molecule has 0 unspecified atom stereocenters. The highest BCUT2D eigenvalue weighted by molar-refractivity contribution is 7.91. The van der Waals surface area contributed by atoms with Crippen molar-refractivity contribution in [3.63, 3.8) is 0 Å². The summed E-state index contributed by atoms with van der Waals surface area (Å²) in [6.45, 7) is 1.25. The fourth-order valence-corrected chi connectivity index (χ4v) is 3.13. The van der Waals surface area contributed by atoms with Gasteiger partial charge in [0.05, 0.1) is 22.6 Å². The molecule has 1 aromatic carbocycles. The second-order valence-electron chi connectivity index (χ2n) is 3.92. The van der Waals surface area contributed by atoms with Crippen molar-refractivity contribution in [1.82, 2.24) is 0 Å². The van der Waals surface area contributed by atoms with Crippen molar-refractivity contribution in [2.24, 2.45) is 0 Å². The number of alkyl halides is 3. The van der Waals surface area contributed by atoms with Crippen molar-refractivity contribution >= 4 is 15.8 Å². The topological polar surface area (TPSA) is 71.4 Å². The largest absolute Gasteiger partial charge is 0.478 e. The Morgan fingerprint density at radius 1 is 1.32 bits per heavy atom. The SMILES string of the molecule is Cc1c(C(=O)O)cccc1S(=O)(=O)CCC(F)(F)F. The predicted molar refractivity (Wildman–Crippen MR) is 60.9 cm³/mol. The summed E-state index contributed by atoms with van der Waals surface area (Å²) in [6, 6.07) is 3.49. The van der Waals surface area contributed by atoms with Crippen LogP contribution in [-0.2, 0) is 9.84 Å². The van der Waals surface area contributed by atoms with E-state index in [1.54, 1.807) is 0 Å². The Labute approximate surface area is 107 Å². The second kappa shape index (κ2) is 5.20. The lowest BCUT2D eigenvalue weighted by Gasteiger charge is -2.11. The maximum absolute atomic E-state index is 12.1. The van der Waals surface area contributed by atoms with Gasteiger partial charge in [-0.3, -0.25) is 0 Å². The van der Waals surface area contributed by atoms with Crippen molar-refractivity contribution in [3.8, 4) is 0 Å². The molecule has 0 amide bonds. The molecule has 0 atom stereocenters. The molecule has 0 heterocycles. The van der Waals surface area contributed by atoms with Crippen molar-refractivity contribution < 1.29 is 31.5 Å². The maximum atomic E-state index is 12.1. The second-order valence-corrected chi connectivity index (χ2v) is 6.00. The third-order valence-electron chi connectivity index (χ3n) is 2.50. The monoisotopic (exact) mass is 296 g/mol. The summed E-state index contributed by atoms with van der Waals surface area (Å²) in [4.78, 5) is 10.5. The molecule has 0 fully saturated rings. The van der Waals surface area contributed by atoms with Crippen LogP contribution in [0.25, 0.3) is 0 Å². The van der Waals surface area contributed by atoms with Crippen LogP contribution in [0.3, 0.4) is 0 Å². The lowest BCUT2D eigenvalue weighted by atomic mass is 10.1. The van der Waals surface area contributed by atoms with Gasteiger partial charge in [-0.2, -0.15) is 13.2 Å². The minimum atomic E-state index is -4.58. The smallest absolute Gasteiger partial charge is 0.390 e. The van der Waals surface area contributed by atoms with Gasteiger partial charge in [0.15, 0.2) is 9.84 Å². The summed E-state index contributed by atoms with van der Waals surface area (Å²) < 4.78 is 59.7. The molecule has 1 N–H and O–H groups in total. The predicted octanol–water partition coefficient (Wildman–Crippen LogP) is 2.42. The van der Waals surface area contributed by atoms with Crippen LogP contribution in [-0.4, -0.2) is 31.4 Å². The molecular weight excluding hydrogens is 285 g/mol. The molecule has 0 bridgehead atoms. The van der Waals surface area contributed by atoms with Crippen molar-refractivity contribution in [2.45, 2.75) is 24.4 Å². The van der Waals surface area contributed by atoms with E-state index in [9.17, 15) is 26.4 Å². The molecule has 0 saturated carbocycles. The third-order valence-corrected chi connectivity index (χ3v) is 4.36. The maximum Gasteiger partial charge on any atom is 0.390 e. The fourth-order valence-electron chi connectivity index (χ4n) is 1.54. The number of halogens is 3. The first-order valence-corrected chi connectivity index (χ1v) is 6.82. The quantitative estimate of drug-likeness (QED) is 0.926. The van der Waals surface area contributed by atoms with E-state index in [4.69, 9.17) is 5.11 Å². The highest BCUT2D eigenvalue weighted by Gasteiger charge is 2.31. The number of carboxylic acids is 1. The summed E-state index contributed by atoms with van der Waals surface area (Å²) in [5.41, 5.74) is -0.301. The van der Waals surface area contributed by atoms with Gasteiger partial charge < -0.3 is 5.11 Å². The van der Waals surface area contributed by atoms with Gasteiger partial charge in [0.1, 0.15) is 0 Å². The Morgan fingerprint density at radius 2 is 1.89 bits per heavy atom. The molecule has 1 rings (SSSR count). The molecule has 4 nitrogen and oxygen atoms in total. The highest BCUT2D eigenvalue weighted by atomic mass is 32.2. The van der Waals surface area contributed by atoms with E-state index >= 15 is 0 Å². The molecule has 106 valence electrons. The minimum Gasteiger partial charge on any atom is -0.478 e. The van der Waals surface area contributed by atoms with E-state index in [2.05, 4.69) is 0 Å². The number of aromatic carboxylic acids is 1. The van der Waals surface area contributed by atoms with E-state index < -0.39 is 34.2 Å². The van der Waals surface area contributed by atoms with Crippen molar-refractivity contribution in [3.05, 3.63) is 29.3 Å². The first-order chi connectivity index (χ1) is 8.54. The Balaban J connectivity index is 3.16. The van der Waals surface area contributed by atoms with Crippen LogP contribution in [0.2, 0.25) is 0 Å². The van der Waals surface area contributed by atoms with Gasteiger partial charge in [0, 0.05) is 0 Å². The molecule has 0 spiro atoms. The van der Waals surface area contributed by atoms with Crippen molar-refractivity contribution in [2.75, 3.05) is 5.75 Å². The van der Waals surface area contributed by atoms with E-state index in [0.29, 0.717) is 0 Å². The molecular formula is C11H11F3O4S. The van der Waals surface area contributed by atoms with Crippen LogP contribution in [0.1, 0.15) is 22.3 Å². The zero-order chi connectivity index (χ0) is 14.8. The zero-order valence-corrected chi connectivity index (χ0v) is 10.7. The zero-order valence-electron chi connectivity index (χ0n) is 9.86. The first-order valence-electron chi connectivity index (χ1n) is 5.17. The van der Waals surface area contributed by atoms with Gasteiger partial charge in [-0.15, -0.1) is 0 Å². The Bertz CT molecular complexity index is 590. The Hall–Kier alpha value is -1.57. The number of rotatable bonds is 4. The van der Waals surface area contributed by atoms with Gasteiger partial charge in [0.2, 0.25) is 0 Å². The summed E-state index contributed by atoms with van der Waals surface area (Å²) in [6.07, 6.45) is -6.04. The lowest BCUT2D eigenvalue weighted by Crippen LogP contribution is -2.17. The minimum absolute atomic E-state index is 0.0582. The van der Waals surface area contributed by atoms with Gasteiger partial charge in [-0.05, 0) is 24.6 Å². The number of hydrogen-bond acceptors (Lipinski definition) is 3. The molecule has 0 aliphatic carbocycles. The van der Waals surface area contributed by atoms with Crippen LogP contribution < -0.4 is 0 Å². The number of hydrogen-bond donors (Lipinski definition) is 1. The number of benzene rings is 1. The third kappa shape index (κ3) is 3.95. The normalized spacial score (nSPS) is 12.4.